The Labute approximate surface area is 125 Å². The molecule has 2 aromatic carbocycles. The van der Waals surface area contributed by atoms with Gasteiger partial charge in [-0.25, -0.2) is 8.42 Å². The fourth-order valence-electron chi connectivity index (χ4n) is 1.96. The van der Waals surface area contributed by atoms with Gasteiger partial charge in [-0.15, -0.1) is 0 Å². The molecule has 0 spiro atoms. The molecule has 0 atom stereocenters. The van der Waals surface area contributed by atoms with Gasteiger partial charge < -0.3 is 4.74 Å². The van der Waals surface area contributed by atoms with E-state index in [2.05, 4.69) is 18.6 Å². The van der Waals surface area contributed by atoms with Gasteiger partial charge in [-0.2, -0.15) is 0 Å². The van der Waals surface area contributed by atoms with Crippen molar-refractivity contribution in [2.75, 3.05) is 11.8 Å². The van der Waals surface area contributed by atoms with E-state index in [4.69, 9.17) is 4.74 Å². The zero-order valence-corrected chi connectivity index (χ0v) is 13.1. The van der Waals surface area contributed by atoms with Crippen molar-refractivity contribution in [1.82, 2.24) is 0 Å². The summed E-state index contributed by atoms with van der Waals surface area (Å²) in [5, 5.41) is 0. The number of ether oxygens (including phenoxy) is 1. The third-order valence-corrected chi connectivity index (χ3v) is 4.59. The van der Waals surface area contributed by atoms with Crippen molar-refractivity contribution in [3.8, 4) is 5.75 Å². The maximum atomic E-state index is 12.4. The predicted molar refractivity (Wildman–Crippen MR) is 84.3 cm³/mol. The van der Waals surface area contributed by atoms with Crippen LogP contribution in [0.2, 0.25) is 0 Å². The monoisotopic (exact) mass is 305 g/mol. The van der Waals surface area contributed by atoms with Crippen molar-refractivity contribution < 1.29 is 13.2 Å². The molecule has 0 aromatic heterocycles. The van der Waals surface area contributed by atoms with Gasteiger partial charge in [0.2, 0.25) is 0 Å². The predicted octanol–water partition coefficient (Wildman–Crippen LogP) is 3.62. The Bertz CT molecular complexity index is 707. The van der Waals surface area contributed by atoms with Crippen LogP contribution in [0.25, 0.3) is 0 Å². The first-order valence-electron chi connectivity index (χ1n) is 6.70. The summed E-state index contributed by atoms with van der Waals surface area (Å²) < 4.78 is 32.5. The lowest BCUT2D eigenvalue weighted by atomic mass is 10.0. The zero-order chi connectivity index (χ0) is 15.5. The van der Waals surface area contributed by atoms with Crippen LogP contribution in [0, 0.1) is 0 Å². The second-order valence-corrected chi connectivity index (χ2v) is 6.71. The van der Waals surface area contributed by atoms with Crippen LogP contribution in [0.4, 0.5) is 5.69 Å². The number of anilines is 1. The first kappa shape index (κ1) is 15.4. The van der Waals surface area contributed by atoms with Crippen molar-refractivity contribution >= 4 is 15.7 Å². The molecule has 0 fully saturated rings. The molecule has 2 aromatic rings. The highest BCUT2D eigenvalue weighted by atomic mass is 32.2. The highest BCUT2D eigenvalue weighted by Crippen LogP contribution is 2.26. The van der Waals surface area contributed by atoms with Gasteiger partial charge >= 0.3 is 0 Å². The first-order valence-corrected chi connectivity index (χ1v) is 8.18. The molecule has 2 rings (SSSR count). The van der Waals surface area contributed by atoms with Crippen LogP contribution in [-0.2, 0) is 10.0 Å². The van der Waals surface area contributed by atoms with Crippen LogP contribution in [0.1, 0.15) is 25.3 Å². The van der Waals surface area contributed by atoms with Crippen molar-refractivity contribution in [1.29, 1.82) is 0 Å². The summed E-state index contributed by atoms with van der Waals surface area (Å²) in [7, 11) is -2.11. The van der Waals surface area contributed by atoms with E-state index in [1.807, 2.05) is 12.1 Å². The minimum atomic E-state index is -3.62. The largest absolute Gasteiger partial charge is 0.495 e. The Morgan fingerprint density at radius 3 is 2.19 bits per heavy atom. The van der Waals surface area contributed by atoms with Crippen molar-refractivity contribution in [3.05, 3.63) is 54.1 Å². The quantitative estimate of drug-likeness (QED) is 0.918. The minimum absolute atomic E-state index is 0.234. The molecule has 0 aliphatic heterocycles. The van der Waals surface area contributed by atoms with Crippen molar-refractivity contribution in [2.45, 2.75) is 24.7 Å². The molecular formula is C16H19NO3S. The molecule has 0 saturated carbocycles. The number of methoxy groups -OCH3 is 1. The summed E-state index contributed by atoms with van der Waals surface area (Å²) in [6.45, 7) is 4.13. The molecule has 5 heteroatoms. The fraction of sp³-hybridized carbons (Fsp3) is 0.250. The smallest absolute Gasteiger partial charge is 0.262 e. The Kier molecular flexibility index (Phi) is 4.53. The molecule has 0 radical (unpaired) electrons. The van der Waals surface area contributed by atoms with E-state index in [-0.39, 0.29) is 4.90 Å². The average Bonchev–Trinajstić information content (AvgIpc) is 2.47. The molecule has 112 valence electrons. The molecule has 0 heterocycles. The van der Waals surface area contributed by atoms with Gasteiger partial charge in [-0.05, 0) is 35.7 Å². The normalized spacial score (nSPS) is 11.4. The fourth-order valence-corrected chi connectivity index (χ4v) is 3.03. The van der Waals surface area contributed by atoms with E-state index in [1.165, 1.54) is 7.11 Å². The van der Waals surface area contributed by atoms with Crippen molar-refractivity contribution in [3.63, 3.8) is 0 Å². The molecule has 0 unspecified atom stereocenters. The number of benzene rings is 2. The summed E-state index contributed by atoms with van der Waals surface area (Å²) >= 11 is 0. The third kappa shape index (κ3) is 3.55. The molecule has 0 amide bonds. The lowest BCUT2D eigenvalue weighted by Gasteiger charge is -2.12. The summed E-state index contributed by atoms with van der Waals surface area (Å²) in [6.07, 6.45) is 0. The summed E-state index contributed by atoms with van der Waals surface area (Å²) in [5.41, 5.74) is 1.53. The summed E-state index contributed by atoms with van der Waals surface area (Å²) in [4.78, 5) is 0.234. The molecular weight excluding hydrogens is 286 g/mol. The molecule has 0 aliphatic carbocycles. The zero-order valence-electron chi connectivity index (χ0n) is 12.3. The Balaban J connectivity index is 2.30. The Morgan fingerprint density at radius 2 is 1.62 bits per heavy atom. The first-order chi connectivity index (χ1) is 9.94. The Morgan fingerprint density at radius 1 is 1.00 bits per heavy atom. The van der Waals surface area contributed by atoms with Gasteiger partial charge in [-0.1, -0.05) is 38.1 Å². The second kappa shape index (κ2) is 6.18. The van der Waals surface area contributed by atoms with E-state index < -0.39 is 10.0 Å². The molecule has 0 saturated heterocycles. The molecule has 0 aliphatic rings. The van der Waals surface area contributed by atoms with Gasteiger partial charge in [0, 0.05) is 0 Å². The molecule has 21 heavy (non-hydrogen) atoms. The highest BCUT2D eigenvalue weighted by Gasteiger charge is 2.16. The minimum Gasteiger partial charge on any atom is -0.495 e. The topological polar surface area (TPSA) is 55.4 Å². The maximum Gasteiger partial charge on any atom is 0.262 e. The summed E-state index contributed by atoms with van der Waals surface area (Å²) in [6, 6.07) is 13.8. The van der Waals surface area contributed by atoms with E-state index in [0.717, 1.165) is 5.56 Å². The van der Waals surface area contributed by atoms with Crippen LogP contribution in [-0.4, -0.2) is 15.5 Å². The van der Waals surface area contributed by atoms with Gasteiger partial charge in [0.15, 0.2) is 0 Å². The van der Waals surface area contributed by atoms with E-state index >= 15 is 0 Å². The average molecular weight is 305 g/mol. The lowest BCUT2D eigenvalue weighted by molar-refractivity contribution is 0.417. The highest BCUT2D eigenvalue weighted by molar-refractivity contribution is 7.92. The maximum absolute atomic E-state index is 12.4. The van der Waals surface area contributed by atoms with Crippen LogP contribution in [0.5, 0.6) is 5.75 Å². The molecule has 0 bridgehead atoms. The van der Waals surface area contributed by atoms with Crippen molar-refractivity contribution in [2.24, 2.45) is 0 Å². The second-order valence-electron chi connectivity index (χ2n) is 5.03. The number of sulfonamides is 1. The number of hydrogen-bond acceptors (Lipinski definition) is 3. The van der Waals surface area contributed by atoms with Gasteiger partial charge in [0.1, 0.15) is 5.75 Å². The standard InChI is InChI=1S/C16H19NO3S/c1-12(2)13-8-10-14(11-9-13)21(18,19)17-15-6-4-5-7-16(15)20-3/h4-12,17H,1-3H3. The van der Waals surface area contributed by atoms with Gasteiger partial charge in [0.25, 0.3) is 10.0 Å². The Hall–Kier alpha value is -2.01. The van der Waals surface area contributed by atoms with Crippen LogP contribution in [0.15, 0.2) is 53.4 Å². The van der Waals surface area contributed by atoms with E-state index in [9.17, 15) is 8.42 Å². The summed E-state index contributed by atoms with van der Waals surface area (Å²) in [5.74, 6) is 0.851. The third-order valence-electron chi connectivity index (χ3n) is 3.21. The number of nitrogens with one attached hydrogen (secondary N) is 1. The number of hydrogen-bond donors (Lipinski definition) is 1. The number of rotatable bonds is 5. The SMILES string of the molecule is COc1ccccc1NS(=O)(=O)c1ccc(C(C)C)cc1. The molecule has 1 N–H and O–H groups in total. The lowest BCUT2D eigenvalue weighted by Crippen LogP contribution is -2.13. The molecule has 4 nitrogen and oxygen atoms in total. The van der Waals surface area contributed by atoms with Crippen LogP contribution < -0.4 is 9.46 Å². The van der Waals surface area contributed by atoms with Gasteiger partial charge in [0.05, 0.1) is 17.7 Å². The van der Waals surface area contributed by atoms with Crippen LogP contribution in [0.3, 0.4) is 0 Å². The number of para-hydroxylation sites is 2. The van der Waals surface area contributed by atoms with E-state index in [1.54, 1.807) is 36.4 Å². The van der Waals surface area contributed by atoms with Gasteiger partial charge in [-0.3, -0.25) is 4.72 Å². The van der Waals surface area contributed by atoms with Crippen LogP contribution >= 0.6 is 0 Å². The van der Waals surface area contributed by atoms with E-state index in [0.29, 0.717) is 17.4 Å².